The van der Waals surface area contributed by atoms with Crippen molar-refractivity contribution >= 4 is 0 Å². The Kier molecular flexibility index (Phi) is 1.56. The first-order valence-corrected chi connectivity index (χ1v) is 2.07. The minimum atomic E-state index is -0.958. The van der Waals surface area contributed by atoms with Crippen molar-refractivity contribution in [2.75, 3.05) is 0 Å². The van der Waals surface area contributed by atoms with Crippen molar-refractivity contribution in [3.8, 4) is 0 Å². The van der Waals surface area contributed by atoms with Gasteiger partial charge in [-0.3, -0.25) is 0 Å². The van der Waals surface area contributed by atoms with Crippen molar-refractivity contribution in [1.29, 1.82) is 0 Å². The van der Waals surface area contributed by atoms with Crippen LogP contribution >= 0.6 is 0 Å². The van der Waals surface area contributed by atoms with E-state index < -0.39 is 5.72 Å². The van der Waals surface area contributed by atoms with Crippen molar-refractivity contribution in [2.45, 2.75) is 26.0 Å². The lowest BCUT2D eigenvalue weighted by molar-refractivity contribution is 0.0632. The molecule has 0 aliphatic carbocycles. The molecule has 0 heterocycles. The Balaban J connectivity index is 3.17. The molecule has 0 rings (SSSR count). The molecule has 0 aliphatic heterocycles. The minimum absolute atomic E-state index is 0.604. The van der Waals surface area contributed by atoms with Crippen LogP contribution in [0.5, 0.6) is 0 Å². The first kappa shape index (κ1) is 5.92. The van der Waals surface area contributed by atoms with Crippen LogP contribution in [0.2, 0.25) is 0 Å². The molecule has 38 valence electrons. The second-order valence-electron chi connectivity index (χ2n) is 1.71. The van der Waals surface area contributed by atoms with E-state index in [1.807, 2.05) is 6.92 Å². The summed E-state index contributed by atoms with van der Waals surface area (Å²) in [6.45, 7) is 3.41. The molecule has 0 aliphatic rings. The van der Waals surface area contributed by atoms with Crippen molar-refractivity contribution in [2.24, 2.45) is 5.73 Å². The maximum Gasteiger partial charge on any atom is 0.110 e. The zero-order valence-corrected chi connectivity index (χ0v) is 4.23. The SMILES string of the molecule is CCC(C)(N)O. The lowest BCUT2D eigenvalue weighted by Crippen LogP contribution is -2.34. The normalized spacial score (nSPS) is 20.0. The highest BCUT2D eigenvalue weighted by molar-refractivity contribution is 4.56. The highest BCUT2D eigenvalue weighted by Crippen LogP contribution is 1.94. The summed E-state index contributed by atoms with van der Waals surface area (Å²) in [5.41, 5.74) is 4.13. The molecule has 1 atom stereocenters. The van der Waals surface area contributed by atoms with Gasteiger partial charge < -0.3 is 10.8 Å². The Morgan fingerprint density at radius 3 is 2.00 bits per heavy atom. The standard InChI is InChI=1S/C4H11NO/c1-3-4(2,5)6/h6H,3,5H2,1-2H3. The molecule has 0 fully saturated rings. The molecule has 0 aromatic heterocycles. The van der Waals surface area contributed by atoms with Gasteiger partial charge in [-0.25, -0.2) is 0 Å². The van der Waals surface area contributed by atoms with Crippen LogP contribution in [0.25, 0.3) is 0 Å². The van der Waals surface area contributed by atoms with Crippen LogP contribution in [0.4, 0.5) is 0 Å². The van der Waals surface area contributed by atoms with E-state index >= 15 is 0 Å². The van der Waals surface area contributed by atoms with Gasteiger partial charge in [-0.2, -0.15) is 0 Å². The van der Waals surface area contributed by atoms with Gasteiger partial charge >= 0.3 is 0 Å². The summed E-state index contributed by atoms with van der Waals surface area (Å²) < 4.78 is 0. The van der Waals surface area contributed by atoms with Gasteiger partial charge in [0.05, 0.1) is 0 Å². The number of rotatable bonds is 1. The van der Waals surface area contributed by atoms with E-state index in [2.05, 4.69) is 0 Å². The van der Waals surface area contributed by atoms with Crippen molar-refractivity contribution < 1.29 is 5.11 Å². The average molecular weight is 89.1 g/mol. The molecule has 1 unspecified atom stereocenters. The summed E-state index contributed by atoms with van der Waals surface area (Å²) in [6, 6.07) is 0. The highest BCUT2D eigenvalue weighted by atomic mass is 16.3. The Labute approximate surface area is 38.0 Å². The molecule has 0 saturated heterocycles. The molecule has 0 bridgehead atoms. The van der Waals surface area contributed by atoms with Gasteiger partial charge in [0, 0.05) is 0 Å². The van der Waals surface area contributed by atoms with Gasteiger partial charge in [0.2, 0.25) is 0 Å². The van der Waals surface area contributed by atoms with Crippen molar-refractivity contribution in [3.05, 3.63) is 0 Å². The molecule has 0 aromatic rings. The molecule has 2 nitrogen and oxygen atoms in total. The fourth-order valence-electron chi connectivity index (χ4n) is 0. The fraction of sp³-hybridized carbons (Fsp3) is 1.00. The summed E-state index contributed by atoms with van der Waals surface area (Å²) in [4.78, 5) is 0. The first-order chi connectivity index (χ1) is 2.56. The van der Waals surface area contributed by atoms with E-state index in [4.69, 9.17) is 10.8 Å². The van der Waals surface area contributed by atoms with Crippen LogP contribution in [0.15, 0.2) is 0 Å². The lowest BCUT2D eigenvalue weighted by Gasteiger charge is -2.11. The van der Waals surface area contributed by atoms with E-state index in [9.17, 15) is 0 Å². The molecule has 0 saturated carbocycles. The van der Waals surface area contributed by atoms with Gasteiger partial charge in [0.25, 0.3) is 0 Å². The molecule has 2 heteroatoms. The van der Waals surface area contributed by atoms with Gasteiger partial charge in [-0.1, -0.05) is 6.92 Å². The van der Waals surface area contributed by atoms with E-state index in [1.54, 1.807) is 6.92 Å². The Morgan fingerprint density at radius 2 is 2.00 bits per heavy atom. The van der Waals surface area contributed by atoms with E-state index in [0.717, 1.165) is 0 Å². The zero-order chi connectivity index (χ0) is 5.21. The number of aliphatic hydroxyl groups is 1. The second-order valence-corrected chi connectivity index (χ2v) is 1.71. The van der Waals surface area contributed by atoms with Crippen LogP contribution in [0.1, 0.15) is 20.3 Å². The van der Waals surface area contributed by atoms with E-state index in [0.29, 0.717) is 6.42 Å². The van der Waals surface area contributed by atoms with Crippen LogP contribution < -0.4 is 5.73 Å². The van der Waals surface area contributed by atoms with Gasteiger partial charge in [0.15, 0.2) is 0 Å². The second kappa shape index (κ2) is 1.58. The third-order valence-electron chi connectivity index (χ3n) is 0.716. The average Bonchev–Trinajstić information content (AvgIpc) is 1.35. The van der Waals surface area contributed by atoms with Crippen LogP contribution in [0.3, 0.4) is 0 Å². The third-order valence-corrected chi connectivity index (χ3v) is 0.716. The minimum Gasteiger partial charge on any atom is -0.376 e. The predicted octanol–water partition coefficient (Wildman–Crippen LogP) is 0.0636. The Morgan fingerprint density at radius 1 is 1.83 bits per heavy atom. The molecule has 0 amide bonds. The summed E-state index contributed by atoms with van der Waals surface area (Å²) in [5, 5.41) is 8.60. The van der Waals surface area contributed by atoms with Crippen molar-refractivity contribution in [1.82, 2.24) is 0 Å². The molecular formula is C4H11NO. The van der Waals surface area contributed by atoms with Gasteiger partial charge in [-0.15, -0.1) is 0 Å². The van der Waals surface area contributed by atoms with Crippen molar-refractivity contribution in [3.63, 3.8) is 0 Å². The van der Waals surface area contributed by atoms with Crippen LogP contribution in [-0.4, -0.2) is 10.8 Å². The smallest absolute Gasteiger partial charge is 0.110 e. The number of hydrogen-bond donors (Lipinski definition) is 2. The van der Waals surface area contributed by atoms with Gasteiger partial charge in [-0.05, 0) is 13.3 Å². The zero-order valence-electron chi connectivity index (χ0n) is 4.23. The number of hydrogen-bond acceptors (Lipinski definition) is 2. The lowest BCUT2D eigenvalue weighted by atomic mass is 10.2. The van der Waals surface area contributed by atoms with E-state index in [-0.39, 0.29) is 0 Å². The molecule has 6 heavy (non-hydrogen) atoms. The molecule has 3 N–H and O–H groups in total. The highest BCUT2D eigenvalue weighted by Gasteiger charge is 2.06. The van der Waals surface area contributed by atoms with Crippen LogP contribution in [-0.2, 0) is 0 Å². The molecule has 0 spiro atoms. The quantitative estimate of drug-likeness (QED) is 0.446. The largest absolute Gasteiger partial charge is 0.376 e. The topological polar surface area (TPSA) is 46.2 Å². The Hall–Kier alpha value is -0.0800. The van der Waals surface area contributed by atoms with Gasteiger partial charge in [0.1, 0.15) is 5.72 Å². The molecule has 0 radical (unpaired) electrons. The maximum atomic E-state index is 8.60. The summed E-state index contributed by atoms with van der Waals surface area (Å²) in [6.07, 6.45) is 0.604. The first-order valence-electron chi connectivity index (χ1n) is 2.07. The molecule has 0 aromatic carbocycles. The monoisotopic (exact) mass is 89.1 g/mol. The summed E-state index contributed by atoms with van der Waals surface area (Å²) in [5.74, 6) is 0. The third kappa shape index (κ3) is 3.92. The summed E-state index contributed by atoms with van der Waals surface area (Å²) >= 11 is 0. The van der Waals surface area contributed by atoms with E-state index in [1.165, 1.54) is 0 Å². The fourth-order valence-corrected chi connectivity index (χ4v) is 0. The predicted molar refractivity (Wildman–Crippen MR) is 25.1 cm³/mol. The number of nitrogens with two attached hydrogens (primary N) is 1. The summed E-state index contributed by atoms with van der Waals surface area (Å²) in [7, 11) is 0. The van der Waals surface area contributed by atoms with Crippen LogP contribution in [0, 0.1) is 0 Å². The maximum absolute atomic E-state index is 8.60. The Bertz CT molecular complexity index is 37.3. The molecular weight excluding hydrogens is 78.0 g/mol.